The minimum atomic E-state index is 0.288. The van der Waals surface area contributed by atoms with Gasteiger partial charge in [-0.25, -0.2) is 0 Å². The van der Waals surface area contributed by atoms with E-state index in [-0.39, 0.29) is 5.91 Å². The van der Waals surface area contributed by atoms with Crippen molar-refractivity contribution in [3.8, 4) is 0 Å². The molecular weight excluding hydrogens is 224 g/mol. The lowest BCUT2D eigenvalue weighted by Gasteiger charge is -2.31. The summed E-state index contributed by atoms with van der Waals surface area (Å²) in [6.07, 6.45) is 7.29. The molecule has 1 rings (SSSR count). The van der Waals surface area contributed by atoms with Gasteiger partial charge in [0.2, 0.25) is 5.91 Å². The topological polar surface area (TPSA) is 32.3 Å². The number of rotatable bonds is 7. The zero-order valence-electron chi connectivity index (χ0n) is 12.4. The van der Waals surface area contributed by atoms with Gasteiger partial charge in [0.05, 0.1) is 0 Å². The Morgan fingerprint density at radius 3 is 2.44 bits per heavy atom. The maximum absolute atomic E-state index is 11.9. The summed E-state index contributed by atoms with van der Waals surface area (Å²) in [7, 11) is 0. The zero-order valence-corrected chi connectivity index (χ0v) is 12.4. The van der Waals surface area contributed by atoms with Gasteiger partial charge in [0.25, 0.3) is 0 Å². The van der Waals surface area contributed by atoms with Crippen LogP contribution in [0.5, 0.6) is 0 Å². The molecule has 1 aliphatic carbocycles. The van der Waals surface area contributed by atoms with Gasteiger partial charge in [0, 0.05) is 32.1 Å². The molecule has 106 valence electrons. The molecule has 18 heavy (non-hydrogen) atoms. The highest BCUT2D eigenvalue weighted by Crippen LogP contribution is 2.26. The molecule has 1 fully saturated rings. The van der Waals surface area contributed by atoms with E-state index in [1.165, 1.54) is 32.1 Å². The van der Waals surface area contributed by atoms with Crippen LogP contribution in [0.4, 0.5) is 0 Å². The van der Waals surface area contributed by atoms with Crippen LogP contribution in [0, 0.1) is 5.92 Å². The number of amides is 1. The van der Waals surface area contributed by atoms with Crippen LogP contribution in [0.25, 0.3) is 0 Å². The van der Waals surface area contributed by atoms with E-state index in [1.54, 1.807) is 0 Å². The summed E-state index contributed by atoms with van der Waals surface area (Å²) in [4.78, 5) is 13.8. The molecule has 1 amide bonds. The lowest BCUT2D eigenvalue weighted by atomic mass is 9.83. The van der Waals surface area contributed by atoms with Crippen molar-refractivity contribution in [1.29, 1.82) is 0 Å². The Morgan fingerprint density at radius 2 is 1.83 bits per heavy atom. The molecule has 1 N–H and O–H groups in total. The van der Waals surface area contributed by atoms with Crippen molar-refractivity contribution >= 4 is 5.91 Å². The van der Waals surface area contributed by atoms with Crippen LogP contribution in [-0.2, 0) is 4.79 Å². The number of hydrogen-bond acceptors (Lipinski definition) is 2. The maximum Gasteiger partial charge on any atom is 0.223 e. The molecule has 0 aliphatic heterocycles. The van der Waals surface area contributed by atoms with Crippen molar-refractivity contribution in [2.45, 2.75) is 65.3 Å². The Kier molecular flexibility index (Phi) is 7.33. The summed E-state index contributed by atoms with van der Waals surface area (Å²) in [6, 6.07) is 0.647. The SMILES string of the molecule is CCC1CCCCC1NCCC(=O)N(CC)CC. The molecule has 0 aromatic carbocycles. The predicted octanol–water partition coefficient (Wildman–Crippen LogP) is 2.80. The standard InChI is InChI=1S/C15H30N2O/c1-4-13-9-7-8-10-14(13)16-12-11-15(18)17(5-2)6-3/h13-14,16H,4-12H2,1-3H3. The molecule has 0 saturated heterocycles. The van der Waals surface area contributed by atoms with Crippen LogP contribution in [0.15, 0.2) is 0 Å². The van der Waals surface area contributed by atoms with Crippen LogP contribution in [0.3, 0.4) is 0 Å². The Bertz CT molecular complexity index is 239. The fourth-order valence-electron chi connectivity index (χ4n) is 3.06. The highest BCUT2D eigenvalue weighted by atomic mass is 16.2. The van der Waals surface area contributed by atoms with Gasteiger partial charge in [0.1, 0.15) is 0 Å². The first kappa shape index (κ1) is 15.5. The van der Waals surface area contributed by atoms with Gasteiger partial charge < -0.3 is 10.2 Å². The van der Waals surface area contributed by atoms with Crippen LogP contribution >= 0.6 is 0 Å². The van der Waals surface area contributed by atoms with E-state index < -0.39 is 0 Å². The van der Waals surface area contributed by atoms with Crippen molar-refractivity contribution < 1.29 is 4.79 Å². The molecule has 3 nitrogen and oxygen atoms in total. The lowest BCUT2D eigenvalue weighted by Crippen LogP contribution is -2.40. The lowest BCUT2D eigenvalue weighted by molar-refractivity contribution is -0.130. The van der Waals surface area contributed by atoms with Crippen LogP contribution in [0.2, 0.25) is 0 Å². The third-order valence-corrected chi connectivity index (χ3v) is 4.29. The largest absolute Gasteiger partial charge is 0.343 e. The molecule has 0 heterocycles. The third kappa shape index (κ3) is 4.60. The normalized spacial score (nSPS) is 23.9. The van der Waals surface area contributed by atoms with E-state index in [0.29, 0.717) is 12.5 Å². The summed E-state index contributed by atoms with van der Waals surface area (Å²) in [6.45, 7) is 8.88. The molecule has 0 bridgehead atoms. The molecule has 1 aliphatic rings. The first-order valence-corrected chi connectivity index (χ1v) is 7.74. The maximum atomic E-state index is 11.9. The molecule has 0 spiro atoms. The van der Waals surface area contributed by atoms with E-state index >= 15 is 0 Å². The Morgan fingerprint density at radius 1 is 1.17 bits per heavy atom. The number of nitrogens with one attached hydrogen (secondary N) is 1. The van der Waals surface area contributed by atoms with E-state index in [1.807, 2.05) is 18.7 Å². The first-order chi connectivity index (χ1) is 8.72. The molecule has 0 radical (unpaired) electrons. The minimum absolute atomic E-state index is 0.288. The summed E-state index contributed by atoms with van der Waals surface area (Å²) in [5.41, 5.74) is 0. The minimum Gasteiger partial charge on any atom is -0.343 e. The molecule has 1 saturated carbocycles. The second-order valence-corrected chi connectivity index (χ2v) is 5.33. The first-order valence-electron chi connectivity index (χ1n) is 7.74. The average molecular weight is 254 g/mol. The fraction of sp³-hybridized carbons (Fsp3) is 0.933. The van der Waals surface area contributed by atoms with Crippen molar-refractivity contribution in [3.05, 3.63) is 0 Å². The second-order valence-electron chi connectivity index (χ2n) is 5.33. The predicted molar refractivity (Wildman–Crippen MR) is 76.6 cm³/mol. The summed E-state index contributed by atoms with van der Waals surface area (Å²) < 4.78 is 0. The fourth-order valence-corrected chi connectivity index (χ4v) is 3.06. The number of carbonyl (C=O) groups is 1. The molecule has 2 unspecified atom stereocenters. The molecular formula is C15H30N2O. The van der Waals surface area contributed by atoms with Crippen molar-refractivity contribution in [1.82, 2.24) is 10.2 Å². The Labute approximate surface area is 112 Å². The Balaban J connectivity index is 2.25. The highest BCUT2D eigenvalue weighted by molar-refractivity contribution is 5.76. The molecule has 3 heteroatoms. The quantitative estimate of drug-likeness (QED) is 0.757. The summed E-state index contributed by atoms with van der Waals surface area (Å²) in [5.74, 6) is 1.11. The van der Waals surface area contributed by atoms with Crippen LogP contribution in [-0.4, -0.2) is 36.5 Å². The van der Waals surface area contributed by atoms with Crippen molar-refractivity contribution in [3.63, 3.8) is 0 Å². The van der Waals surface area contributed by atoms with Crippen LogP contribution < -0.4 is 5.32 Å². The van der Waals surface area contributed by atoms with Gasteiger partial charge in [0.15, 0.2) is 0 Å². The highest BCUT2D eigenvalue weighted by Gasteiger charge is 2.23. The van der Waals surface area contributed by atoms with Gasteiger partial charge >= 0.3 is 0 Å². The number of hydrogen-bond donors (Lipinski definition) is 1. The van der Waals surface area contributed by atoms with E-state index in [0.717, 1.165) is 25.6 Å². The average Bonchev–Trinajstić information content (AvgIpc) is 2.40. The van der Waals surface area contributed by atoms with Gasteiger partial charge in [-0.1, -0.05) is 26.2 Å². The third-order valence-electron chi connectivity index (χ3n) is 4.29. The number of nitrogens with zero attached hydrogens (tertiary/aromatic N) is 1. The van der Waals surface area contributed by atoms with Crippen molar-refractivity contribution in [2.24, 2.45) is 5.92 Å². The smallest absolute Gasteiger partial charge is 0.223 e. The van der Waals surface area contributed by atoms with E-state index in [9.17, 15) is 4.79 Å². The van der Waals surface area contributed by atoms with Gasteiger partial charge in [-0.2, -0.15) is 0 Å². The van der Waals surface area contributed by atoms with Gasteiger partial charge in [-0.3, -0.25) is 4.79 Å². The number of carbonyl (C=O) groups excluding carboxylic acids is 1. The van der Waals surface area contributed by atoms with Gasteiger partial charge in [-0.15, -0.1) is 0 Å². The molecule has 0 aromatic heterocycles. The monoisotopic (exact) mass is 254 g/mol. The zero-order chi connectivity index (χ0) is 13.4. The summed E-state index contributed by atoms with van der Waals surface area (Å²) >= 11 is 0. The summed E-state index contributed by atoms with van der Waals surface area (Å²) in [5, 5.41) is 3.61. The molecule has 2 atom stereocenters. The van der Waals surface area contributed by atoms with Crippen molar-refractivity contribution in [2.75, 3.05) is 19.6 Å². The second kappa shape index (κ2) is 8.52. The van der Waals surface area contributed by atoms with E-state index in [4.69, 9.17) is 0 Å². The Hall–Kier alpha value is -0.570. The van der Waals surface area contributed by atoms with Gasteiger partial charge in [-0.05, 0) is 32.6 Å². The van der Waals surface area contributed by atoms with E-state index in [2.05, 4.69) is 12.2 Å². The van der Waals surface area contributed by atoms with Crippen LogP contribution in [0.1, 0.15) is 59.3 Å². The molecule has 0 aromatic rings.